The van der Waals surface area contributed by atoms with E-state index in [9.17, 15) is 18.5 Å². The second kappa shape index (κ2) is 8.91. The van der Waals surface area contributed by atoms with E-state index in [1.165, 1.54) is 22.0 Å². The predicted octanol–water partition coefficient (Wildman–Crippen LogP) is 3.81. The van der Waals surface area contributed by atoms with Crippen molar-refractivity contribution in [3.8, 4) is 0 Å². The zero-order valence-corrected chi connectivity index (χ0v) is 18.7. The van der Waals surface area contributed by atoms with E-state index in [4.69, 9.17) is 16.6 Å². The van der Waals surface area contributed by atoms with Gasteiger partial charge in [-0.25, -0.2) is 13.4 Å². The van der Waals surface area contributed by atoms with E-state index in [-0.39, 0.29) is 23.0 Å². The quantitative estimate of drug-likeness (QED) is 0.395. The van der Waals surface area contributed by atoms with Crippen LogP contribution in [0.15, 0.2) is 58.8 Å². The second-order valence-electron chi connectivity index (χ2n) is 7.05. The predicted molar refractivity (Wildman–Crippen MR) is 120 cm³/mol. The van der Waals surface area contributed by atoms with Crippen molar-refractivity contribution in [3.05, 3.63) is 80.3 Å². The molecule has 11 heteroatoms. The Morgan fingerprint density at radius 2 is 1.81 bits per heavy atom. The number of hydrogen-bond acceptors (Lipinski definition) is 7. The molecule has 0 atom stereocenters. The van der Waals surface area contributed by atoms with Crippen molar-refractivity contribution in [1.82, 2.24) is 9.29 Å². The van der Waals surface area contributed by atoms with Crippen LogP contribution in [0.4, 0.5) is 10.8 Å². The van der Waals surface area contributed by atoms with Crippen LogP contribution < -0.4 is 4.90 Å². The van der Waals surface area contributed by atoms with E-state index in [0.717, 1.165) is 23.3 Å². The van der Waals surface area contributed by atoms with Gasteiger partial charge in [-0.15, -0.1) is 11.3 Å². The van der Waals surface area contributed by atoms with Gasteiger partial charge in [0.1, 0.15) is 5.02 Å². The highest BCUT2D eigenvalue weighted by Gasteiger charge is 2.31. The van der Waals surface area contributed by atoms with Crippen LogP contribution >= 0.6 is 22.9 Å². The number of halogens is 1. The standard InChI is InChI=1S/C20H19ClN4O4S2/c21-18-7-6-17(13-19(18)25(26)27)31(28,29)24-10-8-23(9-11-24)20-22-16(14-30-20)12-15-4-2-1-3-5-15/h1-7,13-14H,8-12H2. The first kappa shape index (κ1) is 21.7. The van der Waals surface area contributed by atoms with E-state index >= 15 is 0 Å². The average molecular weight is 479 g/mol. The van der Waals surface area contributed by atoms with Gasteiger partial charge in [-0.05, 0) is 17.7 Å². The molecule has 1 saturated heterocycles. The number of thiazole rings is 1. The van der Waals surface area contributed by atoms with E-state index < -0.39 is 20.6 Å². The Morgan fingerprint density at radius 3 is 2.48 bits per heavy atom. The van der Waals surface area contributed by atoms with Gasteiger partial charge in [-0.3, -0.25) is 10.1 Å². The Bertz CT molecular complexity index is 1190. The largest absolute Gasteiger partial charge is 0.345 e. The maximum atomic E-state index is 13.0. The normalized spacial score (nSPS) is 15.2. The van der Waals surface area contributed by atoms with Crippen LogP contribution in [0, 0.1) is 10.1 Å². The lowest BCUT2D eigenvalue weighted by atomic mass is 10.1. The molecule has 1 aliphatic heterocycles. The van der Waals surface area contributed by atoms with Gasteiger partial charge < -0.3 is 4.90 Å². The highest BCUT2D eigenvalue weighted by Crippen LogP contribution is 2.30. The molecule has 0 N–H and O–H groups in total. The first-order chi connectivity index (χ1) is 14.8. The van der Waals surface area contributed by atoms with Crippen LogP contribution in [0.3, 0.4) is 0 Å². The lowest BCUT2D eigenvalue weighted by Crippen LogP contribution is -2.48. The Kier molecular flexibility index (Phi) is 6.24. The van der Waals surface area contributed by atoms with E-state index in [1.807, 2.05) is 23.6 Å². The molecule has 0 saturated carbocycles. The van der Waals surface area contributed by atoms with E-state index in [0.29, 0.717) is 13.1 Å². The van der Waals surface area contributed by atoms with Gasteiger partial charge in [0, 0.05) is 44.0 Å². The Balaban J connectivity index is 1.43. The zero-order chi connectivity index (χ0) is 22.0. The molecule has 0 spiro atoms. The van der Waals surface area contributed by atoms with Crippen LogP contribution in [0.2, 0.25) is 5.02 Å². The maximum Gasteiger partial charge on any atom is 0.289 e. The molecule has 1 fully saturated rings. The molecule has 31 heavy (non-hydrogen) atoms. The van der Waals surface area contributed by atoms with Gasteiger partial charge in [0.25, 0.3) is 5.69 Å². The lowest BCUT2D eigenvalue weighted by Gasteiger charge is -2.33. The lowest BCUT2D eigenvalue weighted by molar-refractivity contribution is -0.384. The summed E-state index contributed by atoms with van der Waals surface area (Å²) in [6.07, 6.45) is 0.751. The van der Waals surface area contributed by atoms with Crippen LogP contribution in [0.25, 0.3) is 0 Å². The Labute approximate surface area is 188 Å². The first-order valence-electron chi connectivity index (χ1n) is 9.52. The van der Waals surface area contributed by atoms with Crippen LogP contribution in [-0.4, -0.2) is 48.8 Å². The number of hydrogen-bond donors (Lipinski definition) is 0. The van der Waals surface area contributed by atoms with Gasteiger partial charge in [-0.1, -0.05) is 41.9 Å². The molecule has 4 rings (SSSR count). The summed E-state index contributed by atoms with van der Waals surface area (Å²) in [6.45, 7) is 1.53. The van der Waals surface area contributed by atoms with Crippen LogP contribution in [0.1, 0.15) is 11.3 Å². The minimum Gasteiger partial charge on any atom is -0.345 e. The minimum absolute atomic E-state index is 0.0937. The fourth-order valence-corrected chi connectivity index (χ4v) is 5.90. The van der Waals surface area contributed by atoms with Gasteiger partial charge in [0.05, 0.1) is 15.5 Å². The number of nitrogens with zero attached hydrogens (tertiary/aromatic N) is 4. The van der Waals surface area contributed by atoms with Gasteiger partial charge >= 0.3 is 0 Å². The smallest absolute Gasteiger partial charge is 0.289 e. The molecule has 8 nitrogen and oxygen atoms in total. The molecule has 2 aromatic carbocycles. The maximum absolute atomic E-state index is 13.0. The van der Waals surface area contributed by atoms with Crippen molar-refractivity contribution < 1.29 is 13.3 Å². The molecular formula is C20H19ClN4O4S2. The molecule has 3 aromatic rings. The summed E-state index contributed by atoms with van der Waals surface area (Å²) in [6, 6.07) is 13.6. The number of piperazine rings is 1. The van der Waals surface area contributed by atoms with Crippen molar-refractivity contribution >= 4 is 43.8 Å². The van der Waals surface area contributed by atoms with Gasteiger partial charge in [0.15, 0.2) is 5.13 Å². The second-order valence-corrected chi connectivity index (χ2v) is 10.2. The molecular weight excluding hydrogens is 460 g/mol. The van der Waals surface area contributed by atoms with Crippen molar-refractivity contribution in [2.45, 2.75) is 11.3 Å². The molecule has 1 aliphatic rings. The molecule has 162 valence electrons. The molecule has 0 amide bonds. The highest BCUT2D eigenvalue weighted by molar-refractivity contribution is 7.89. The molecule has 0 unspecified atom stereocenters. The number of nitro benzene ring substituents is 1. The van der Waals surface area contributed by atoms with Gasteiger partial charge in [-0.2, -0.15) is 4.31 Å². The topological polar surface area (TPSA) is 96.6 Å². The third-order valence-corrected chi connectivity index (χ3v) is 8.19. The summed E-state index contributed by atoms with van der Waals surface area (Å²) in [7, 11) is -3.85. The fraction of sp³-hybridized carbons (Fsp3) is 0.250. The van der Waals surface area contributed by atoms with Crippen LogP contribution in [0.5, 0.6) is 0 Å². The Hall–Kier alpha value is -2.53. The average Bonchev–Trinajstić information content (AvgIpc) is 3.23. The van der Waals surface area contributed by atoms with Crippen molar-refractivity contribution in [2.24, 2.45) is 0 Å². The monoisotopic (exact) mass is 478 g/mol. The van der Waals surface area contributed by atoms with Crippen molar-refractivity contribution in [3.63, 3.8) is 0 Å². The van der Waals surface area contributed by atoms with Crippen LogP contribution in [-0.2, 0) is 16.4 Å². The molecule has 0 bridgehead atoms. The number of anilines is 1. The summed E-state index contributed by atoms with van der Waals surface area (Å²) >= 11 is 7.35. The van der Waals surface area contributed by atoms with Gasteiger partial charge in [0.2, 0.25) is 10.0 Å². The number of benzene rings is 2. The molecule has 2 heterocycles. The first-order valence-corrected chi connectivity index (χ1v) is 12.2. The number of aromatic nitrogens is 1. The molecule has 1 aromatic heterocycles. The number of rotatable bonds is 6. The molecule has 0 radical (unpaired) electrons. The van der Waals surface area contributed by atoms with E-state index in [2.05, 4.69) is 17.0 Å². The third kappa shape index (κ3) is 4.72. The highest BCUT2D eigenvalue weighted by atomic mass is 35.5. The minimum atomic E-state index is -3.85. The fourth-order valence-electron chi connectivity index (χ4n) is 3.39. The summed E-state index contributed by atoms with van der Waals surface area (Å²) in [5, 5.41) is 13.9. The summed E-state index contributed by atoms with van der Waals surface area (Å²) < 4.78 is 27.2. The summed E-state index contributed by atoms with van der Waals surface area (Å²) in [5.41, 5.74) is 1.75. The number of nitro groups is 1. The zero-order valence-electron chi connectivity index (χ0n) is 16.3. The SMILES string of the molecule is O=[N+]([O-])c1cc(S(=O)(=O)N2CCN(c3nc(Cc4ccccc4)cs3)CC2)ccc1Cl. The van der Waals surface area contributed by atoms with Crippen molar-refractivity contribution in [2.75, 3.05) is 31.1 Å². The summed E-state index contributed by atoms with van der Waals surface area (Å²) in [5.74, 6) is 0. The third-order valence-electron chi connectivity index (χ3n) is 5.03. The molecule has 0 aliphatic carbocycles. The van der Waals surface area contributed by atoms with E-state index in [1.54, 1.807) is 11.3 Å². The van der Waals surface area contributed by atoms with Crippen molar-refractivity contribution in [1.29, 1.82) is 0 Å². The summed E-state index contributed by atoms with van der Waals surface area (Å²) in [4.78, 5) is 17.0. The Morgan fingerprint density at radius 1 is 1.10 bits per heavy atom. The number of sulfonamides is 1.